The lowest BCUT2D eigenvalue weighted by atomic mass is 9.93. The zero-order chi connectivity index (χ0) is 13.8. The predicted molar refractivity (Wildman–Crippen MR) is 78.6 cm³/mol. The van der Waals surface area contributed by atoms with Crippen LogP contribution in [0.2, 0.25) is 0 Å². The maximum atomic E-state index is 10.4. The third kappa shape index (κ3) is 6.47. The predicted octanol–water partition coefficient (Wildman–Crippen LogP) is 2.92. The smallest absolute Gasteiger partial charge is 0.0672 e. The largest absolute Gasteiger partial charge is 0.390 e. The van der Waals surface area contributed by atoms with E-state index in [0.29, 0.717) is 6.42 Å². The fourth-order valence-electron chi connectivity index (χ4n) is 1.79. The van der Waals surface area contributed by atoms with Gasteiger partial charge in [0.2, 0.25) is 0 Å². The van der Waals surface area contributed by atoms with Crippen molar-refractivity contribution in [3.63, 3.8) is 0 Å². The van der Waals surface area contributed by atoms with E-state index in [1.54, 1.807) is 12.4 Å². The quantitative estimate of drug-likeness (QED) is 0.878. The fourth-order valence-corrected chi connectivity index (χ4v) is 2.20. The number of pyridine rings is 1. The Kier molecular flexibility index (Phi) is 5.32. The molecule has 1 atom stereocenters. The zero-order valence-corrected chi connectivity index (χ0v) is 13.2. The van der Waals surface area contributed by atoms with Crippen LogP contribution in [0, 0.1) is 0 Å². The highest BCUT2D eigenvalue weighted by Crippen LogP contribution is 2.19. The van der Waals surface area contributed by atoms with Crippen LogP contribution in [0.3, 0.4) is 0 Å². The van der Waals surface area contributed by atoms with E-state index >= 15 is 0 Å². The van der Waals surface area contributed by atoms with Gasteiger partial charge in [-0.05, 0) is 68.2 Å². The van der Waals surface area contributed by atoms with Gasteiger partial charge in [-0.15, -0.1) is 0 Å². The molecule has 0 spiro atoms. The lowest BCUT2D eigenvalue weighted by molar-refractivity contribution is 0.0498. The van der Waals surface area contributed by atoms with Crippen LogP contribution in [0.4, 0.5) is 0 Å². The minimum Gasteiger partial charge on any atom is -0.390 e. The summed E-state index contributed by atoms with van der Waals surface area (Å²) >= 11 is 3.39. The van der Waals surface area contributed by atoms with Gasteiger partial charge in [0.25, 0.3) is 0 Å². The average Bonchev–Trinajstić information content (AvgIpc) is 2.13. The van der Waals surface area contributed by atoms with E-state index in [-0.39, 0.29) is 5.54 Å². The van der Waals surface area contributed by atoms with Crippen LogP contribution in [-0.2, 0) is 6.42 Å². The van der Waals surface area contributed by atoms with E-state index < -0.39 is 5.60 Å². The summed E-state index contributed by atoms with van der Waals surface area (Å²) in [5.41, 5.74) is 0.429. The van der Waals surface area contributed by atoms with Crippen LogP contribution < -0.4 is 5.32 Å². The van der Waals surface area contributed by atoms with Crippen molar-refractivity contribution in [2.24, 2.45) is 0 Å². The Morgan fingerprint density at radius 3 is 2.50 bits per heavy atom. The second-order valence-electron chi connectivity index (χ2n) is 6.11. The van der Waals surface area contributed by atoms with Crippen molar-refractivity contribution in [1.29, 1.82) is 0 Å². The fraction of sp³-hybridized carbons (Fsp3) is 0.643. The summed E-state index contributed by atoms with van der Waals surface area (Å²) in [6.45, 7) is 9.05. The minimum absolute atomic E-state index is 0.0907. The van der Waals surface area contributed by atoms with Crippen LogP contribution in [0.15, 0.2) is 22.9 Å². The molecule has 0 aliphatic carbocycles. The SMILES string of the molecule is CC(O)(CCNC(C)(C)C)Cc1cncc(Br)c1. The molecule has 1 aromatic heterocycles. The van der Waals surface area contributed by atoms with Crippen LogP contribution in [0.1, 0.15) is 39.7 Å². The summed E-state index contributed by atoms with van der Waals surface area (Å²) in [6, 6.07) is 2.00. The van der Waals surface area contributed by atoms with Crippen molar-refractivity contribution in [2.75, 3.05) is 6.54 Å². The lowest BCUT2D eigenvalue weighted by Crippen LogP contribution is -2.40. The molecule has 102 valence electrons. The second-order valence-corrected chi connectivity index (χ2v) is 7.03. The van der Waals surface area contributed by atoms with Crippen molar-refractivity contribution in [2.45, 2.75) is 51.7 Å². The Morgan fingerprint density at radius 2 is 1.94 bits per heavy atom. The van der Waals surface area contributed by atoms with E-state index in [1.165, 1.54) is 0 Å². The first-order valence-electron chi connectivity index (χ1n) is 6.25. The molecule has 0 saturated carbocycles. The highest BCUT2D eigenvalue weighted by Gasteiger charge is 2.21. The molecular formula is C14H23BrN2O. The number of aliphatic hydroxyl groups is 1. The van der Waals surface area contributed by atoms with Crippen molar-refractivity contribution >= 4 is 15.9 Å². The van der Waals surface area contributed by atoms with Crippen molar-refractivity contribution in [1.82, 2.24) is 10.3 Å². The van der Waals surface area contributed by atoms with Crippen LogP contribution >= 0.6 is 15.9 Å². The monoisotopic (exact) mass is 314 g/mol. The van der Waals surface area contributed by atoms with Crippen LogP contribution in [-0.4, -0.2) is 27.8 Å². The average molecular weight is 315 g/mol. The van der Waals surface area contributed by atoms with E-state index in [9.17, 15) is 5.11 Å². The standard InChI is InChI=1S/C14H23BrN2O/c1-13(2,3)17-6-5-14(4,18)8-11-7-12(15)10-16-9-11/h7,9-10,17-18H,5-6,8H2,1-4H3. The summed E-state index contributed by atoms with van der Waals surface area (Å²) in [7, 11) is 0. The molecule has 0 aliphatic rings. The number of aromatic nitrogens is 1. The maximum Gasteiger partial charge on any atom is 0.0672 e. The topological polar surface area (TPSA) is 45.1 Å². The molecule has 18 heavy (non-hydrogen) atoms. The summed E-state index contributed by atoms with van der Waals surface area (Å²) in [5.74, 6) is 0. The normalized spacial score (nSPS) is 15.4. The summed E-state index contributed by atoms with van der Waals surface area (Å²) in [6.07, 6.45) is 4.89. The van der Waals surface area contributed by atoms with Gasteiger partial charge in [-0.25, -0.2) is 0 Å². The number of nitrogens with one attached hydrogen (secondary N) is 1. The molecular weight excluding hydrogens is 292 g/mol. The third-order valence-electron chi connectivity index (χ3n) is 2.67. The first-order chi connectivity index (χ1) is 8.18. The molecule has 0 amide bonds. The number of nitrogens with zero attached hydrogens (tertiary/aromatic N) is 1. The van der Waals surface area contributed by atoms with Crippen molar-refractivity contribution < 1.29 is 5.11 Å². The van der Waals surface area contributed by atoms with E-state index in [2.05, 4.69) is 47.0 Å². The van der Waals surface area contributed by atoms with Gasteiger partial charge < -0.3 is 10.4 Å². The lowest BCUT2D eigenvalue weighted by Gasteiger charge is -2.27. The molecule has 1 rings (SSSR count). The summed E-state index contributed by atoms with van der Waals surface area (Å²) < 4.78 is 0.948. The van der Waals surface area contributed by atoms with E-state index in [0.717, 1.165) is 23.0 Å². The van der Waals surface area contributed by atoms with Crippen LogP contribution in [0.5, 0.6) is 0 Å². The molecule has 0 radical (unpaired) electrons. The molecule has 1 aromatic rings. The molecule has 0 fully saturated rings. The number of hydrogen-bond donors (Lipinski definition) is 2. The van der Waals surface area contributed by atoms with Gasteiger partial charge in [-0.2, -0.15) is 0 Å². The summed E-state index contributed by atoms with van der Waals surface area (Å²) in [4.78, 5) is 4.11. The summed E-state index contributed by atoms with van der Waals surface area (Å²) in [5, 5.41) is 13.8. The Morgan fingerprint density at radius 1 is 1.28 bits per heavy atom. The third-order valence-corrected chi connectivity index (χ3v) is 3.10. The molecule has 1 heterocycles. The molecule has 2 N–H and O–H groups in total. The molecule has 1 unspecified atom stereocenters. The number of hydrogen-bond acceptors (Lipinski definition) is 3. The molecule has 0 bridgehead atoms. The van der Waals surface area contributed by atoms with Gasteiger partial charge in [0.1, 0.15) is 0 Å². The molecule has 3 nitrogen and oxygen atoms in total. The molecule has 4 heteroatoms. The maximum absolute atomic E-state index is 10.4. The first-order valence-corrected chi connectivity index (χ1v) is 7.04. The Balaban J connectivity index is 2.49. The highest BCUT2D eigenvalue weighted by atomic mass is 79.9. The van der Waals surface area contributed by atoms with Gasteiger partial charge in [-0.1, -0.05) is 0 Å². The van der Waals surface area contributed by atoms with Gasteiger partial charge in [0.05, 0.1) is 5.60 Å². The van der Waals surface area contributed by atoms with Gasteiger partial charge >= 0.3 is 0 Å². The van der Waals surface area contributed by atoms with Crippen LogP contribution in [0.25, 0.3) is 0 Å². The van der Waals surface area contributed by atoms with Gasteiger partial charge in [-0.3, -0.25) is 4.98 Å². The minimum atomic E-state index is -0.708. The zero-order valence-electron chi connectivity index (χ0n) is 11.6. The Hall–Kier alpha value is -0.450. The Bertz CT molecular complexity index is 386. The molecule has 0 aliphatic heterocycles. The molecule has 0 saturated heterocycles. The number of halogens is 1. The van der Waals surface area contributed by atoms with Crippen molar-refractivity contribution in [3.8, 4) is 0 Å². The Labute approximate surface area is 118 Å². The highest BCUT2D eigenvalue weighted by molar-refractivity contribution is 9.10. The molecule has 0 aromatic carbocycles. The van der Waals surface area contributed by atoms with E-state index in [1.807, 2.05) is 13.0 Å². The van der Waals surface area contributed by atoms with Gasteiger partial charge in [0, 0.05) is 28.8 Å². The van der Waals surface area contributed by atoms with Gasteiger partial charge in [0.15, 0.2) is 0 Å². The van der Waals surface area contributed by atoms with E-state index in [4.69, 9.17) is 0 Å². The van der Waals surface area contributed by atoms with Crippen molar-refractivity contribution in [3.05, 3.63) is 28.5 Å². The number of rotatable bonds is 5. The second kappa shape index (κ2) is 6.13. The first kappa shape index (κ1) is 15.6.